The van der Waals surface area contributed by atoms with Gasteiger partial charge in [-0.3, -0.25) is 9.59 Å². The van der Waals surface area contributed by atoms with Crippen molar-refractivity contribution in [3.8, 4) is 0 Å². The van der Waals surface area contributed by atoms with Crippen LogP contribution in [0.5, 0.6) is 0 Å². The molecule has 2 saturated heterocycles. The molecule has 0 aromatic heterocycles. The predicted molar refractivity (Wildman–Crippen MR) is 185 cm³/mol. The molecule has 4 N–H and O–H groups in total. The minimum absolute atomic E-state index is 0.00651. The van der Waals surface area contributed by atoms with Crippen molar-refractivity contribution in [2.24, 2.45) is 50.7 Å². The van der Waals surface area contributed by atoms with Crippen molar-refractivity contribution in [3.63, 3.8) is 0 Å². The fraction of sp³-hybridized carbons (Fsp3) is 0.950. The summed E-state index contributed by atoms with van der Waals surface area (Å²) < 4.78 is 30.2. The highest BCUT2D eigenvalue weighted by Gasteiger charge is 2.85. The molecule has 0 amide bonds. The Bertz CT molecular complexity index is 1380. The third kappa shape index (κ3) is 5.51. The van der Waals surface area contributed by atoms with Crippen LogP contribution >= 0.6 is 0 Å². The summed E-state index contributed by atoms with van der Waals surface area (Å²) in [6.45, 7) is 18.2. The van der Waals surface area contributed by atoms with Crippen molar-refractivity contribution in [1.82, 2.24) is 0 Å². The second-order valence-electron chi connectivity index (χ2n) is 19.6. The number of epoxide rings is 1. The molecular formula is C40H64O11. The molecule has 0 aromatic rings. The van der Waals surface area contributed by atoms with Crippen LogP contribution in [0.15, 0.2) is 0 Å². The van der Waals surface area contributed by atoms with Crippen LogP contribution in [0.2, 0.25) is 0 Å². The van der Waals surface area contributed by atoms with Gasteiger partial charge in [0.25, 0.3) is 0 Å². The molecule has 5 saturated carbocycles. The van der Waals surface area contributed by atoms with E-state index < -0.39 is 42.8 Å². The number of carbonyl (C=O) groups excluding carboxylic acids is 2. The van der Waals surface area contributed by atoms with E-state index in [-0.39, 0.29) is 75.4 Å². The average Bonchev–Trinajstić information content (AvgIpc) is 3.87. The van der Waals surface area contributed by atoms with Gasteiger partial charge in [0.1, 0.15) is 43.2 Å². The van der Waals surface area contributed by atoms with E-state index in [1.807, 2.05) is 13.8 Å². The standard InChI is InChI=1S/C40H64O11/c1-20(16-24(43)33-36(6,7)51-33)23-10-15-40-19-39(23,40)14-11-26-37(8)13-12-28(48-22(3)42)35(4,5)27(37)17-29(38(26,40)9)50-34-32(46)31(45)30(44)25(49-34)18-47-21(2)41/h20,23-34,43-46H,10-19H2,1-9H3/t20-,23+,24+,25-,26-,27+,28-,29-,30-,31+,32-,33-,34+,37-,38+,39-,40-/m1/s1. The van der Waals surface area contributed by atoms with Gasteiger partial charge in [0.15, 0.2) is 6.29 Å². The monoisotopic (exact) mass is 720 g/mol. The zero-order valence-electron chi connectivity index (χ0n) is 32.2. The summed E-state index contributed by atoms with van der Waals surface area (Å²) >= 11 is 0. The number of aliphatic hydroxyl groups is 4. The van der Waals surface area contributed by atoms with E-state index in [2.05, 4.69) is 34.6 Å². The number of aliphatic hydroxyl groups excluding tert-OH is 4. The quantitative estimate of drug-likeness (QED) is 0.153. The van der Waals surface area contributed by atoms with E-state index in [1.54, 1.807) is 0 Å². The molecule has 2 aliphatic heterocycles. The molecule has 11 nitrogen and oxygen atoms in total. The summed E-state index contributed by atoms with van der Waals surface area (Å²) in [6, 6.07) is 0. The van der Waals surface area contributed by atoms with Gasteiger partial charge in [0, 0.05) is 24.7 Å². The second-order valence-corrected chi connectivity index (χ2v) is 19.6. The van der Waals surface area contributed by atoms with Gasteiger partial charge in [-0.25, -0.2) is 0 Å². The van der Waals surface area contributed by atoms with Crippen molar-refractivity contribution >= 4 is 11.9 Å². The van der Waals surface area contributed by atoms with Crippen LogP contribution in [0.1, 0.15) is 120 Å². The molecule has 2 heterocycles. The van der Waals surface area contributed by atoms with Crippen LogP contribution in [-0.2, 0) is 33.3 Å². The molecule has 7 rings (SSSR count). The number of rotatable bonds is 9. The van der Waals surface area contributed by atoms with Gasteiger partial charge >= 0.3 is 11.9 Å². The van der Waals surface area contributed by atoms with Crippen molar-refractivity contribution in [2.45, 2.75) is 181 Å². The number of hydrogen-bond acceptors (Lipinski definition) is 11. The van der Waals surface area contributed by atoms with Crippen LogP contribution in [0.4, 0.5) is 0 Å². The molecule has 7 fully saturated rings. The lowest BCUT2D eigenvalue weighted by Crippen LogP contribution is -2.68. The highest BCUT2D eigenvalue weighted by molar-refractivity contribution is 5.66. The van der Waals surface area contributed by atoms with Gasteiger partial charge in [0.2, 0.25) is 0 Å². The maximum absolute atomic E-state index is 12.3. The van der Waals surface area contributed by atoms with E-state index in [0.29, 0.717) is 24.7 Å². The Morgan fingerprint density at radius 3 is 2.18 bits per heavy atom. The van der Waals surface area contributed by atoms with Crippen LogP contribution in [0.25, 0.3) is 0 Å². The summed E-state index contributed by atoms with van der Waals surface area (Å²) in [5, 5.41) is 44.3. The van der Waals surface area contributed by atoms with E-state index in [0.717, 1.165) is 44.9 Å². The minimum atomic E-state index is -1.55. The molecule has 0 aromatic carbocycles. The summed E-state index contributed by atoms with van der Waals surface area (Å²) in [7, 11) is 0. The number of fused-ring (bicyclic) bond motifs is 3. The van der Waals surface area contributed by atoms with Gasteiger partial charge in [-0.1, -0.05) is 34.6 Å². The van der Waals surface area contributed by atoms with E-state index in [9.17, 15) is 30.0 Å². The molecule has 290 valence electrons. The van der Waals surface area contributed by atoms with Crippen molar-refractivity contribution < 1.29 is 53.7 Å². The Morgan fingerprint density at radius 2 is 1.55 bits per heavy atom. The normalized spacial score (nSPS) is 51.5. The minimum Gasteiger partial charge on any atom is -0.463 e. The first-order valence-electron chi connectivity index (χ1n) is 19.7. The highest BCUT2D eigenvalue weighted by Crippen LogP contribution is 2.91. The number of ether oxygens (including phenoxy) is 5. The predicted octanol–water partition coefficient (Wildman–Crippen LogP) is 4.29. The molecule has 11 heteroatoms. The molecule has 51 heavy (non-hydrogen) atoms. The van der Waals surface area contributed by atoms with Gasteiger partial charge < -0.3 is 44.1 Å². The Hall–Kier alpha value is -1.34. The number of carbonyl (C=O) groups is 2. The van der Waals surface area contributed by atoms with Gasteiger partial charge in [-0.15, -0.1) is 0 Å². The molecule has 7 aliphatic rings. The zero-order chi connectivity index (χ0) is 37.3. The van der Waals surface area contributed by atoms with Crippen LogP contribution in [-0.4, -0.2) is 99.7 Å². The lowest BCUT2D eigenvalue weighted by atomic mass is 9.37. The Morgan fingerprint density at radius 1 is 0.863 bits per heavy atom. The van der Waals surface area contributed by atoms with Crippen LogP contribution in [0, 0.1) is 50.7 Å². The first-order chi connectivity index (χ1) is 23.7. The maximum Gasteiger partial charge on any atom is 0.302 e. The molecule has 17 atom stereocenters. The van der Waals surface area contributed by atoms with Crippen molar-refractivity contribution in [3.05, 3.63) is 0 Å². The molecule has 0 radical (unpaired) electrons. The Labute approximate surface area is 303 Å². The molecule has 0 bridgehead atoms. The summed E-state index contributed by atoms with van der Waals surface area (Å²) in [5.41, 5.74) is -0.829. The SMILES string of the molecule is CC(=O)OC[C@H]1O[C@@H](O[C@@H]2C[C@H]3C(C)(C)[C@H](OC(C)=O)CC[C@]3(C)[C@H]3CC[C@]45C[C@]4(CC[C@H]5[C@H](C)C[C@H](O)[C@H]4OC4(C)C)[C@@]32C)[C@H](O)[C@@H](O)[C@@H]1O. The van der Waals surface area contributed by atoms with Crippen LogP contribution < -0.4 is 0 Å². The average molecular weight is 721 g/mol. The fourth-order valence-electron chi connectivity index (χ4n) is 14.1. The first-order valence-corrected chi connectivity index (χ1v) is 19.7. The van der Waals surface area contributed by atoms with E-state index in [1.165, 1.54) is 13.8 Å². The lowest BCUT2D eigenvalue weighted by Gasteiger charge is -2.69. The number of hydrogen-bond donors (Lipinski definition) is 4. The molecule has 5 aliphatic carbocycles. The summed E-state index contributed by atoms with van der Waals surface area (Å²) in [6.07, 6.45) is 0.542. The van der Waals surface area contributed by atoms with Gasteiger partial charge in [0.05, 0.1) is 17.8 Å². The molecule has 0 unspecified atom stereocenters. The fourth-order valence-corrected chi connectivity index (χ4v) is 14.1. The first kappa shape index (κ1) is 38.0. The third-order valence-corrected chi connectivity index (χ3v) is 16.5. The largest absolute Gasteiger partial charge is 0.463 e. The van der Waals surface area contributed by atoms with Gasteiger partial charge in [-0.2, -0.15) is 0 Å². The van der Waals surface area contributed by atoms with E-state index in [4.69, 9.17) is 23.7 Å². The summed E-state index contributed by atoms with van der Waals surface area (Å²) in [4.78, 5) is 23.9. The highest BCUT2D eigenvalue weighted by atomic mass is 16.7. The van der Waals surface area contributed by atoms with Crippen LogP contribution in [0.3, 0.4) is 0 Å². The van der Waals surface area contributed by atoms with Gasteiger partial charge in [-0.05, 0) is 112 Å². The second kappa shape index (κ2) is 12.3. The summed E-state index contributed by atoms with van der Waals surface area (Å²) in [5.74, 6) is 0.407. The van der Waals surface area contributed by atoms with E-state index >= 15 is 0 Å². The lowest BCUT2D eigenvalue weighted by molar-refractivity contribution is -0.344. The Kier molecular flexibility index (Phi) is 9.18. The topological polar surface area (TPSA) is 165 Å². The third-order valence-electron chi connectivity index (χ3n) is 16.5. The van der Waals surface area contributed by atoms with Crippen molar-refractivity contribution in [2.75, 3.05) is 6.61 Å². The maximum atomic E-state index is 12.3. The van der Waals surface area contributed by atoms with Crippen molar-refractivity contribution in [1.29, 1.82) is 0 Å². The Balaban J connectivity index is 1.23. The molecular weight excluding hydrogens is 656 g/mol. The molecule has 0 spiro atoms. The smallest absolute Gasteiger partial charge is 0.302 e. The zero-order valence-corrected chi connectivity index (χ0v) is 32.2. The number of esters is 2.